The molecule has 0 unspecified atom stereocenters. The highest BCUT2D eigenvalue weighted by atomic mass is 16.4. The number of fused-ring (bicyclic) bond motifs is 1. The van der Waals surface area contributed by atoms with E-state index in [1.54, 1.807) is 30.5 Å². The maximum Gasteiger partial charge on any atom is 0.420 e. The van der Waals surface area contributed by atoms with Crippen LogP contribution in [0.4, 0.5) is 0 Å². The standard InChI is InChI=1S/C16H18N4O3/c1-3-11(15-17-8-10(2)18-15)19-14(21)9-20-12-6-4-5-7-13(12)23-16(20)22/h4-8,11H,3,9H2,1-2H3,(H,17,18)(H,19,21)/t11-/m0/s1. The van der Waals surface area contributed by atoms with Crippen LogP contribution in [0.1, 0.15) is 30.9 Å². The van der Waals surface area contributed by atoms with E-state index in [1.165, 1.54) is 4.57 Å². The second-order valence-electron chi connectivity index (χ2n) is 5.40. The molecule has 3 aromatic rings. The van der Waals surface area contributed by atoms with Gasteiger partial charge in [0.1, 0.15) is 12.4 Å². The van der Waals surface area contributed by atoms with Crippen molar-refractivity contribution < 1.29 is 9.21 Å². The summed E-state index contributed by atoms with van der Waals surface area (Å²) in [5.74, 6) is -0.0921. The number of H-pyrrole nitrogens is 1. The van der Waals surface area contributed by atoms with E-state index in [9.17, 15) is 9.59 Å². The van der Waals surface area contributed by atoms with Crippen LogP contribution in [0.2, 0.25) is 0 Å². The van der Waals surface area contributed by atoms with Crippen molar-refractivity contribution in [1.29, 1.82) is 0 Å². The number of oxazole rings is 1. The molecule has 2 N–H and O–H groups in total. The van der Waals surface area contributed by atoms with Crippen LogP contribution in [0.25, 0.3) is 11.1 Å². The monoisotopic (exact) mass is 314 g/mol. The fourth-order valence-electron chi connectivity index (χ4n) is 2.52. The molecule has 23 heavy (non-hydrogen) atoms. The van der Waals surface area contributed by atoms with E-state index < -0.39 is 5.76 Å². The first kappa shape index (κ1) is 15.1. The van der Waals surface area contributed by atoms with E-state index in [4.69, 9.17) is 4.42 Å². The van der Waals surface area contributed by atoms with Gasteiger partial charge in [-0.3, -0.25) is 9.36 Å². The molecule has 3 rings (SSSR count). The van der Waals surface area contributed by atoms with Crippen molar-refractivity contribution >= 4 is 17.0 Å². The Kier molecular flexibility index (Phi) is 4.01. The van der Waals surface area contributed by atoms with Gasteiger partial charge in [0.15, 0.2) is 5.58 Å². The number of aromatic nitrogens is 3. The number of para-hydroxylation sites is 2. The average Bonchev–Trinajstić information content (AvgIpc) is 3.09. The molecule has 1 amide bonds. The summed E-state index contributed by atoms with van der Waals surface area (Å²) in [6.45, 7) is 3.77. The van der Waals surface area contributed by atoms with Gasteiger partial charge >= 0.3 is 5.76 Å². The van der Waals surface area contributed by atoms with Crippen LogP contribution in [0, 0.1) is 6.92 Å². The summed E-state index contributed by atoms with van der Waals surface area (Å²) in [6.07, 6.45) is 2.41. The van der Waals surface area contributed by atoms with Crippen LogP contribution >= 0.6 is 0 Å². The smallest absolute Gasteiger partial charge is 0.408 e. The quantitative estimate of drug-likeness (QED) is 0.752. The molecule has 1 atom stereocenters. The number of amides is 1. The van der Waals surface area contributed by atoms with E-state index in [-0.39, 0.29) is 18.5 Å². The molecule has 0 aliphatic carbocycles. The summed E-state index contributed by atoms with van der Waals surface area (Å²) in [6, 6.07) is 6.81. The second kappa shape index (κ2) is 6.12. The van der Waals surface area contributed by atoms with Gasteiger partial charge in [0, 0.05) is 11.9 Å². The maximum atomic E-state index is 12.3. The number of aromatic amines is 1. The fourth-order valence-corrected chi connectivity index (χ4v) is 2.52. The van der Waals surface area contributed by atoms with Gasteiger partial charge in [-0.2, -0.15) is 0 Å². The number of carbonyl (C=O) groups is 1. The zero-order valence-corrected chi connectivity index (χ0v) is 13.0. The van der Waals surface area contributed by atoms with Gasteiger partial charge in [-0.05, 0) is 25.5 Å². The third-order valence-corrected chi connectivity index (χ3v) is 3.67. The molecule has 0 aliphatic heterocycles. The Balaban J connectivity index is 1.78. The highest BCUT2D eigenvalue weighted by Crippen LogP contribution is 2.14. The lowest BCUT2D eigenvalue weighted by molar-refractivity contribution is -0.122. The number of nitrogens with one attached hydrogen (secondary N) is 2. The molecule has 7 heteroatoms. The van der Waals surface area contributed by atoms with Gasteiger partial charge < -0.3 is 14.7 Å². The highest BCUT2D eigenvalue weighted by molar-refractivity contribution is 5.79. The first-order chi connectivity index (χ1) is 11.1. The van der Waals surface area contributed by atoms with Gasteiger partial charge in [0.2, 0.25) is 5.91 Å². The van der Waals surface area contributed by atoms with Crippen molar-refractivity contribution in [2.24, 2.45) is 0 Å². The molecule has 120 valence electrons. The second-order valence-corrected chi connectivity index (χ2v) is 5.40. The molecule has 2 heterocycles. The van der Waals surface area contributed by atoms with Crippen LogP contribution in [0.3, 0.4) is 0 Å². The molecule has 0 bridgehead atoms. The summed E-state index contributed by atoms with van der Waals surface area (Å²) in [5, 5.41) is 2.89. The minimum absolute atomic E-state index is 0.0912. The fraction of sp³-hybridized carbons (Fsp3) is 0.312. The van der Waals surface area contributed by atoms with E-state index >= 15 is 0 Å². The van der Waals surface area contributed by atoms with Gasteiger partial charge in [-0.15, -0.1) is 0 Å². The van der Waals surface area contributed by atoms with Crippen LogP contribution < -0.4 is 11.1 Å². The Hall–Kier alpha value is -2.83. The normalized spacial score (nSPS) is 12.4. The molecule has 0 radical (unpaired) electrons. The van der Waals surface area contributed by atoms with Gasteiger partial charge in [-0.1, -0.05) is 19.1 Å². The summed E-state index contributed by atoms with van der Waals surface area (Å²) in [7, 11) is 0. The zero-order valence-electron chi connectivity index (χ0n) is 13.0. The van der Waals surface area contributed by atoms with Crippen LogP contribution in [0.5, 0.6) is 0 Å². The molecule has 0 fully saturated rings. The van der Waals surface area contributed by atoms with E-state index in [0.717, 1.165) is 5.69 Å². The topological polar surface area (TPSA) is 92.9 Å². The molecular weight excluding hydrogens is 296 g/mol. The predicted octanol–water partition coefficient (Wildman–Crippen LogP) is 1.89. The SMILES string of the molecule is CC[C@H](NC(=O)Cn1c(=O)oc2ccccc21)c1ncc(C)[nH]1. The van der Waals surface area contributed by atoms with Crippen LogP contribution in [-0.4, -0.2) is 20.4 Å². The molecule has 0 saturated heterocycles. The zero-order chi connectivity index (χ0) is 16.4. The Labute approximate surface area is 132 Å². The van der Waals surface area contributed by atoms with Crippen molar-refractivity contribution in [3.63, 3.8) is 0 Å². The van der Waals surface area contributed by atoms with Crippen molar-refractivity contribution in [3.05, 3.63) is 52.5 Å². The van der Waals surface area contributed by atoms with Crippen molar-refractivity contribution in [3.8, 4) is 0 Å². The molecular formula is C16H18N4O3. The summed E-state index contributed by atoms with van der Waals surface area (Å²) >= 11 is 0. The minimum Gasteiger partial charge on any atom is -0.408 e. The average molecular weight is 314 g/mol. The molecule has 0 aliphatic rings. The number of nitrogens with zero attached hydrogens (tertiary/aromatic N) is 2. The summed E-state index contributed by atoms with van der Waals surface area (Å²) in [5.41, 5.74) is 2.01. The van der Waals surface area contributed by atoms with E-state index in [1.807, 2.05) is 13.8 Å². The van der Waals surface area contributed by atoms with Gasteiger partial charge in [-0.25, -0.2) is 9.78 Å². The number of imidazole rings is 1. The number of benzene rings is 1. The summed E-state index contributed by atoms with van der Waals surface area (Å²) < 4.78 is 6.45. The van der Waals surface area contributed by atoms with Crippen molar-refractivity contribution in [2.45, 2.75) is 32.9 Å². The molecule has 2 aromatic heterocycles. The van der Waals surface area contributed by atoms with E-state index in [0.29, 0.717) is 23.3 Å². The number of carbonyl (C=O) groups excluding carboxylic acids is 1. The number of rotatable bonds is 5. The number of aryl methyl sites for hydroxylation is 1. The summed E-state index contributed by atoms with van der Waals surface area (Å²) in [4.78, 5) is 31.6. The van der Waals surface area contributed by atoms with E-state index in [2.05, 4.69) is 15.3 Å². The molecule has 0 saturated carbocycles. The first-order valence-corrected chi connectivity index (χ1v) is 7.47. The third kappa shape index (κ3) is 3.03. The largest absolute Gasteiger partial charge is 0.420 e. The van der Waals surface area contributed by atoms with Gasteiger partial charge in [0.25, 0.3) is 0 Å². The number of hydrogen-bond acceptors (Lipinski definition) is 4. The Morgan fingerprint density at radius 2 is 2.22 bits per heavy atom. The Morgan fingerprint density at radius 1 is 1.43 bits per heavy atom. The van der Waals surface area contributed by atoms with Gasteiger partial charge in [0.05, 0.1) is 11.6 Å². The lowest BCUT2D eigenvalue weighted by Crippen LogP contribution is -2.34. The Bertz CT molecular complexity index is 890. The van der Waals surface area contributed by atoms with Crippen molar-refractivity contribution in [1.82, 2.24) is 19.9 Å². The first-order valence-electron chi connectivity index (χ1n) is 7.47. The van der Waals surface area contributed by atoms with Crippen molar-refractivity contribution in [2.75, 3.05) is 0 Å². The lowest BCUT2D eigenvalue weighted by Gasteiger charge is -2.14. The molecule has 1 aromatic carbocycles. The lowest BCUT2D eigenvalue weighted by atomic mass is 10.2. The molecule has 0 spiro atoms. The highest BCUT2D eigenvalue weighted by Gasteiger charge is 2.18. The predicted molar refractivity (Wildman–Crippen MR) is 85.0 cm³/mol. The molecule has 7 nitrogen and oxygen atoms in total. The van der Waals surface area contributed by atoms with Crippen LogP contribution in [0.15, 0.2) is 39.7 Å². The van der Waals surface area contributed by atoms with Crippen LogP contribution in [-0.2, 0) is 11.3 Å². The third-order valence-electron chi connectivity index (χ3n) is 3.67. The maximum absolute atomic E-state index is 12.3. The Morgan fingerprint density at radius 3 is 2.91 bits per heavy atom. The number of hydrogen-bond donors (Lipinski definition) is 2. The minimum atomic E-state index is -0.539.